The Morgan fingerprint density at radius 1 is 1.10 bits per heavy atom. The van der Waals surface area contributed by atoms with Crippen molar-refractivity contribution in [3.63, 3.8) is 0 Å². The molecule has 1 saturated carbocycles. The van der Waals surface area contributed by atoms with E-state index in [-0.39, 0.29) is 5.91 Å². The van der Waals surface area contributed by atoms with E-state index in [2.05, 4.69) is 30.1 Å². The van der Waals surface area contributed by atoms with Gasteiger partial charge in [-0.3, -0.25) is 14.5 Å². The van der Waals surface area contributed by atoms with Crippen LogP contribution in [0.15, 0.2) is 18.2 Å². The Kier molecular flexibility index (Phi) is 7.70. The number of carbonyl (C=O) groups excluding carboxylic acids is 2. The molecular weight excluding hydrogens is 362 g/mol. The summed E-state index contributed by atoms with van der Waals surface area (Å²) in [5.41, 5.74) is 3.23. The van der Waals surface area contributed by atoms with Gasteiger partial charge in [-0.25, -0.2) is 0 Å². The fourth-order valence-corrected chi connectivity index (χ4v) is 4.66. The molecular formula is C24H37N3O2. The molecule has 5 heteroatoms. The van der Waals surface area contributed by atoms with Gasteiger partial charge >= 0.3 is 0 Å². The molecule has 0 radical (unpaired) electrons. The zero-order chi connectivity index (χ0) is 20.8. The third-order valence-corrected chi connectivity index (χ3v) is 6.52. The van der Waals surface area contributed by atoms with E-state index in [1.54, 1.807) is 0 Å². The van der Waals surface area contributed by atoms with Crippen LogP contribution in [0.1, 0.15) is 69.4 Å². The highest BCUT2D eigenvalue weighted by Gasteiger charge is 2.24. The molecule has 1 N–H and O–H groups in total. The Hall–Kier alpha value is -1.88. The second-order valence-electron chi connectivity index (χ2n) is 9.09. The van der Waals surface area contributed by atoms with Gasteiger partial charge in [0.2, 0.25) is 11.8 Å². The quantitative estimate of drug-likeness (QED) is 0.749. The first kappa shape index (κ1) is 21.8. The van der Waals surface area contributed by atoms with Gasteiger partial charge in [0.25, 0.3) is 0 Å². The summed E-state index contributed by atoms with van der Waals surface area (Å²) in [6, 6.07) is 6.17. The molecule has 1 aliphatic carbocycles. The Bertz CT molecular complexity index is 702. The predicted molar refractivity (Wildman–Crippen MR) is 118 cm³/mol. The summed E-state index contributed by atoms with van der Waals surface area (Å²) in [7, 11) is 0. The van der Waals surface area contributed by atoms with Crippen molar-refractivity contribution in [2.45, 2.75) is 65.2 Å². The second-order valence-corrected chi connectivity index (χ2v) is 9.09. The van der Waals surface area contributed by atoms with Crippen LogP contribution >= 0.6 is 0 Å². The zero-order valence-corrected chi connectivity index (χ0v) is 18.4. The van der Waals surface area contributed by atoms with Crippen LogP contribution in [-0.2, 0) is 9.59 Å². The molecule has 0 atom stereocenters. The number of carbonyl (C=O) groups is 2. The van der Waals surface area contributed by atoms with E-state index in [0.29, 0.717) is 24.8 Å². The largest absolute Gasteiger partial charge is 0.340 e. The normalized spacial score (nSPS) is 18.4. The number of amides is 2. The molecule has 2 aliphatic rings. The molecule has 5 nitrogen and oxygen atoms in total. The maximum Gasteiger partial charge on any atom is 0.238 e. The molecule has 1 aliphatic heterocycles. The van der Waals surface area contributed by atoms with E-state index in [0.717, 1.165) is 49.8 Å². The van der Waals surface area contributed by atoms with E-state index < -0.39 is 0 Å². The molecule has 1 heterocycles. The number of hydrogen-bond acceptors (Lipinski definition) is 3. The first-order valence-corrected chi connectivity index (χ1v) is 11.3. The molecule has 3 rings (SSSR count). The summed E-state index contributed by atoms with van der Waals surface area (Å²) in [4.78, 5) is 29.3. The summed E-state index contributed by atoms with van der Waals surface area (Å²) in [5, 5.41) is 3.13. The minimum Gasteiger partial charge on any atom is -0.340 e. The molecule has 29 heavy (non-hydrogen) atoms. The summed E-state index contributed by atoms with van der Waals surface area (Å²) in [6.45, 7) is 9.73. The van der Waals surface area contributed by atoms with Gasteiger partial charge in [0.1, 0.15) is 0 Å². The van der Waals surface area contributed by atoms with Crippen molar-refractivity contribution in [2.75, 3.05) is 38.0 Å². The first-order chi connectivity index (χ1) is 13.9. The summed E-state index contributed by atoms with van der Waals surface area (Å²) in [5.74, 6) is 1.45. The van der Waals surface area contributed by atoms with E-state index >= 15 is 0 Å². The number of benzene rings is 1. The third-order valence-electron chi connectivity index (χ3n) is 6.52. The number of nitrogens with zero attached hydrogens (tertiary/aromatic N) is 2. The predicted octanol–water partition coefficient (Wildman–Crippen LogP) is 4.17. The standard InChI is InChI=1S/C24H37N3O2/c1-18(2)21-10-6-7-19(3)24(21)25-22(28)17-26-13-15-27(16-14-26)23(29)12-11-20-8-4-5-9-20/h6-7,10,18,20H,4-5,8-9,11-17H2,1-3H3,(H,25,28). The lowest BCUT2D eigenvalue weighted by molar-refractivity contribution is -0.133. The van der Waals surface area contributed by atoms with Crippen molar-refractivity contribution >= 4 is 17.5 Å². The molecule has 1 aromatic carbocycles. The maximum atomic E-state index is 12.6. The molecule has 0 spiro atoms. The lowest BCUT2D eigenvalue weighted by atomic mass is 9.98. The maximum absolute atomic E-state index is 12.6. The van der Waals surface area contributed by atoms with E-state index in [1.165, 1.54) is 31.2 Å². The minimum absolute atomic E-state index is 0.0298. The zero-order valence-electron chi connectivity index (χ0n) is 18.4. The highest BCUT2D eigenvalue weighted by molar-refractivity contribution is 5.94. The molecule has 160 valence electrons. The van der Waals surface area contributed by atoms with Crippen molar-refractivity contribution in [1.82, 2.24) is 9.80 Å². The lowest BCUT2D eigenvalue weighted by Gasteiger charge is -2.34. The van der Waals surface area contributed by atoms with Gasteiger partial charge < -0.3 is 10.2 Å². The minimum atomic E-state index is 0.0298. The van der Waals surface area contributed by atoms with Crippen molar-refractivity contribution < 1.29 is 9.59 Å². The SMILES string of the molecule is Cc1cccc(C(C)C)c1NC(=O)CN1CCN(C(=O)CCC2CCCC2)CC1. The smallest absolute Gasteiger partial charge is 0.238 e. The number of anilines is 1. The van der Waals surface area contributed by atoms with Gasteiger partial charge in [0.05, 0.1) is 6.54 Å². The fraction of sp³-hybridized carbons (Fsp3) is 0.667. The Morgan fingerprint density at radius 3 is 2.45 bits per heavy atom. The average molecular weight is 400 g/mol. The van der Waals surface area contributed by atoms with Crippen LogP contribution in [0, 0.1) is 12.8 Å². The van der Waals surface area contributed by atoms with Gasteiger partial charge in [-0.05, 0) is 36.3 Å². The highest BCUT2D eigenvalue weighted by atomic mass is 16.2. The van der Waals surface area contributed by atoms with Crippen LogP contribution < -0.4 is 5.32 Å². The Morgan fingerprint density at radius 2 is 1.79 bits per heavy atom. The van der Waals surface area contributed by atoms with Crippen molar-refractivity contribution in [3.8, 4) is 0 Å². The van der Waals surface area contributed by atoms with Crippen molar-refractivity contribution in [1.29, 1.82) is 0 Å². The topological polar surface area (TPSA) is 52.7 Å². The molecule has 0 aromatic heterocycles. The number of para-hydroxylation sites is 1. The molecule has 0 unspecified atom stereocenters. The van der Waals surface area contributed by atoms with Crippen LogP contribution in [0.3, 0.4) is 0 Å². The number of aryl methyl sites for hydroxylation is 1. The molecule has 0 bridgehead atoms. The lowest BCUT2D eigenvalue weighted by Crippen LogP contribution is -2.50. The van der Waals surface area contributed by atoms with Gasteiger partial charge in [-0.15, -0.1) is 0 Å². The number of nitrogens with one attached hydrogen (secondary N) is 1. The monoisotopic (exact) mass is 399 g/mol. The number of piperazine rings is 1. The molecule has 2 fully saturated rings. The van der Waals surface area contributed by atoms with E-state index in [9.17, 15) is 9.59 Å². The molecule has 1 aromatic rings. The van der Waals surface area contributed by atoms with Crippen LogP contribution in [-0.4, -0.2) is 54.3 Å². The van der Waals surface area contributed by atoms with Gasteiger partial charge in [-0.2, -0.15) is 0 Å². The van der Waals surface area contributed by atoms with E-state index in [4.69, 9.17) is 0 Å². The van der Waals surface area contributed by atoms with Crippen molar-refractivity contribution in [3.05, 3.63) is 29.3 Å². The van der Waals surface area contributed by atoms with Crippen molar-refractivity contribution in [2.24, 2.45) is 5.92 Å². The first-order valence-electron chi connectivity index (χ1n) is 11.3. The Balaban J connectivity index is 1.43. The van der Waals surface area contributed by atoms with Crippen LogP contribution in [0.2, 0.25) is 0 Å². The fourth-order valence-electron chi connectivity index (χ4n) is 4.66. The van der Waals surface area contributed by atoms with Crippen LogP contribution in [0.5, 0.6) is 0 Å². The summed E-state index contributed by atoms with van der Waals surface area (Å²) in [6.07, 6.45) is 7.01. The molecule has 2 amide bonds. The second kappa shape index (κ2) is 10.2. The Labute approximate surface area is 175 Å². The number of hydrogen-bond donors (Lipinski definition) is 1. The molecule has 1 saturated heterocycles. The number of rotatable bonds is 7. The highest BCUT2D eigenvalue weighted by Crippen LogP contribution is 2.29. The third kappa shape index (κ3) is 6.05. The summed E-state index contributed by atoms with van der Waals surface area (Å²) >= 11 is 0. The summed E-state index contributed by atoms with van der Waals surface area (Å²) < 4.78 is 0. The van der Waals surface area contributed by atoms with Gasteiger partial charge in [-0.1, -0.05) is 57.7 Å². The van der Waals surface area contributed by atoms with E-state index in [1.807, 2.05) is 24.0 Å². The van der Waals surface area contributed by atoms with Gasteiger partial charge in [0.15, 0.2) is 0 Å². The van der Waals surface area contributed by atoms with Gasteiger partial charge in [0, 0.05) is 38.3 Å². The van der Waals surface area contributed by atoms with Crippen LogP contribution in [0.25, 0.3) is 0 Å². The average Bonchev–Trinajstić information content (AvgIpc) is 3.21. The van der Waals surface area contributed by atoms with Crippen LogP contribution in [0.4, 0.5) is 5.69 Å².